The number of nitrogens with one attached hydrogen (secondary N) is 1. The molecule has 8 heteroatoms. The molecule has 0 aliphatic rings. The van der Waals surface area contributed by atoms with Crippen LogP contribution in [0.1, 0.15) is 10.4 Å². The molecular weight excluding hydrogens is 256 g/mol. The molecule has 1 rings (SSSR count). The number of carbonyl (C=O) groups is 1. The van der Waals surface area contributed by atoms with Crippen molar-refractivity contribution in [2.24, 2.45) is 5.84 Å². The van der Waals surface area contributed by atoms with Gasteiger partial charge in [0.25, 0.3) is 5.91 Å². The smallest absolute Gasteiger partial charge is 0.255 e. The monoisotopic (exact) mass is 265 g/mol. The van der Waals surface area contributed by atoms with E-state index in [0.29, 0.717) is 0 Å². The highest BCUT2D eigenvalue weighted by Crippen LogP contribution is 2.20. The summed E-state index contributed by atoms with van der Waals surface area (Å²) in [5.41, 5.74) is 0.958. The van der Waals surface area contributed by atoms with Crippen LogP contribution in [0.15, 0.2) is 12.1 Å². The van der Waals surface area contributed by atoms with Crippen LogP contribution in [0.4, 0.5) is 14.5 Å². The van der Waals surface area contributed by atoms with Gasteiger partial charge in [-0.25, -0.2) is 8.78 Å². The van der Waals surface area contributed by atoms with Crippen LogP contribution in [0.2, 0.25) is 0 Å². The van der Waals surface area contributed by atoms with Gasteiger partial charge in [-0.1, -0.05) is 0 Å². The minimum Gasteiger partial charge on any atom is -0.319 e. The van der Waals surface area contributed by atoms with E-state index in [2.05, 4.69) is 0 Å². The van der Waals surface area contributed by atoms with Gasteiger partial charge in [0.15, 0.2) is 11.6 Å². The number of nitriles is 2. The fraction of sp³-hybridized carbons (Fsp3) is 0.182. The predicted octanol–water partition coefficient (Wildman–Crippen LogP) is 0.740. The first-order valence-electron chi connectivity index (χ1n) is 5.04. The molecule has 0 aliphatic heterocycles. The summed E-state index contributed by atoms with van der Waals surface area (Å²) in [6.07, 6.45) is 0. The molecule has 6 nitrogen and oxygen atoms in total. The van der Waals surface area contributed by atoms with Crippen LogP contribution in [0, 0.1) is 34.3 Å². The van der Waals surface area contributed by atoms with Gasteiger partial charge in [-0.05, 0) is 12.1 Å². The maximum Gasteiger partial charge on any atom is 0.255 e. The standard InChI is InChI=1S/C11H9F2N5O/c12-8-5-7(6-9(13)10(8)17-16)11(19)18(3-1-14)4-2-15/h5-6,17H,3-4,16H2. The summed E-state index contributed by atoms with van der Waals surface area (Å²) in [7, 11) is 0. The van der Waals surface area contributed by atoms with Crippen molar-refractivity contribution < 1.29 is 13.6 Å². The minimum atomic E-state index is -1.04. The molecule has 1 aromatic rings. The van der Waals surface area contributed by atoms with Crippen molar-refractivity contribution >= 4 is 11.6 Å². The molecule has 0 bridgehead atoms. The van der Waals surface area contributed by atoms with Gasteiger partial charge in [-0.3, -0.25) is 10.6 Å². The zero-order valence-corrected chi connectivity index (χ0v) is 9.65. The molecule has 3 N–H and O–H groups in total. The molecule has 0 spiro atoms. The van der Waals surface area contributed by atoms with Crippen molar-refractivity contribution in [2.75, 3.05) is 18.5 Å². The van der Waals surface area contributed by atoms with Gasteiger partial charge in [0, 0.05) is 5.56 Å². The van der Waals surface area contributed by atoms with Gasteiger partial charge < -0.3 is 10.3 Å². The van der Waals surface area contributed by atoms with E-state index < -0.39 is 23.2 Å². The lowest BCUT2D eigenvalue weighted by atomic mass is 10.1. The molecule has 0 atom stereocenters. The Balaban J connectivity index is 3.13. The summed E-state index contributed by atoms with van der Waals surface area (Å²) in [4.78, 5) is 12.7. The van der Waals surface area contributed by atoms with E-state index >= 15 is 0 Å². The lowest BCUT2D eigenvalue weighted by molar-refractivity contribution is 0.0793. The van der Waals surface area contributed by atoms with Gasteiger partial charge in [0.1, 0.15) is 18.8 Å². The Labute approximate surface area is 107 Å². The second-order valence-electron chi connectivity index (χ2n) is 3.44. The summed E-state index contributed by atoms with van der Waals surface area (Å²) in [5.74, 6) is 2.02. The molecule has 98 valence electrons. The first-order chi connectivity index (χ1) is 9.04. The normalized spacial score (nSPS) is 9.32. The van der Waals surface area contributed by atoms with Crippen molar-refractivity contribution in [3.63, 3.8) is 0 Å². The van der Waals surface area contributed by atoms with E-state index in [0.717, 1.165) is 17.0 Å². The molecule has 0 aliphatic carbocycles. The number of nitrogen functional groups attached to an aromatic ring is 1. The fourth-order valence-corrected chi connectivity index (χ4v) is 1.39. The Bertz CT molecular complexity index is 536. The number of hydrogen-bond donors (Lipinski definition) is 2. The topological polar surface area (TPSA) is 106 Å². The highest BCUT2D eigenvalue weighted by atomic mass is 19.1. The molecule has 0 unspecified atom stereocenters. The highest BCUT2D eigenvalue weighted by molar-refractivity contribution is 5.95. The fourth-order valence-electron chi connectivity index (χ4n) is 1.39. The van der Waals surface area contributed by atoms with Crippen molar-refractivity contribution in [1.82, 2.24) is 4.90 Å². The minimum absolute atomic E-state index is 0.306. The van der Waals surface area contributed by atoms with Crippen LogP contribution in [0.5, 0.6) is 0 Å². The van der Waals surface area contributed by atoms with E-state index in [1.165, 1.54) is 0 Å². The maximum atomic E-state index is 13.4. The van der Waals surface area contributed by atoms with Crippen molar-refractivity contribution in [2.45, 2.75) is 0 Å². The van der Waals surface area contributed by atoms with Crippen molar-refractivity contribution in [1.29, 1.82) is 10.5 Å². The van der Waals surface area contributed by atoms with Gasteiger partial charge in [0.2, 0.25) is 0 Å². The first-order valence-corrected chi connectivity index (χ1v) is 5.04. The van der Waals surface area contributed by atoms with E-state index in [4.69, 9.17) is 16.4 Å². The maximum absolute atomic E-state index is 13.4. The van der Waals surface area contributed by atoms with Crippen molar-refractivity contribution in [3.8, 4) is 12.1 Å². The van der Waals surface area contributed by atoms with Crippen LogP contribution in [0.3, 0.4) is 0 Å². The third-order valence-electron chi connectivity index (χ3n) is 2.24. The average Bonchev–Trinajstić information content (AvgIpc) is 2.37. The molecular formula is C11H9F2N5O. The number of nitrogens with two attached hydrogens (primary N) is 1. The average molecular weight is 265 g/mol. The van der Waals surface area contributed by atoms with E-state index in [-0.39, 0.29) is 18.7 Å². The number of anilines is 1. The van der Waals surface area contributed by atoms with Crippen LogP contribution in [-0.4, -0.2) is 23.9 Å². The second kappa shape index (κ2) is 6.28. The largest absolute Gasteiger partial charge is 0.319 e. The number of halogens is 2. The summed E-state index contributed by atoms with van der Waals surface area (Å²) >= 11 is 0. The number of hydrogen-bond acceptors (Lipinski definition) is 5. The number of nitrogens with zero attached hydrogens (tertiary/aromatic N) is 3. The molecule has 0 saturated carbocycles. The van der Waals surface area contributed by atoms with Crippen molar-refractivity contribution in [3.05, 3.63) is 29.3 Å². The summed E-state index contributed by atoms with van der Waals surface area (Å²) in [5, 5.41) is 17.0. The molecule has 0 fully saturated rings. The summed E-state index contributed by atoms with van der Waals surface area (Å²) < 4.78 is 26.8. The molecule has 0 radical (unpaired) electrons. The molecule has 0 heterocycles. The number of carbonyl (C=O) groups excluding carboxylic acids is 1. The quantitative estimate of drug-likeness (QED) is 0.474. The zero-order chi connectivity index (χ0) is 14.4. The molecule has 1 amide bonds. The third-order valence-corrected chi connectivity index (χ3v) is 2.24. The number of benzene rings is 1. The Hall–Kier alpha value is -2.71. The van der Waals surface area contributed by atoms with Crippen LogP contribution in [-0.2, 0) is 0 Å². The molecule has 1 aromatic carbocycles. The molecule has 0 saturated heterocycles. The summed E-state index contributed by atoms with van der Waals surface area (Å²) in [6, 6.07) is 4.94. The van der Waals surface area contributed by atoms with Gasteiger partial charge in [-0.15, -0.1) is 0 Å². The number of amides is 1. The Morgan fingerprint density at radius 3 is 2.11 bits per heavy atom. The lowest BCUT2D eigenvalue weighted by Gasteiger charge is -2.16. The first kappa shape index (κ1) is 14.4. The van der Waals surface area contributed by atoms with Crippen LogP contribution < -0.4 is 11.3 Å². The van der Waals surface area contributed by atoms with E-state index in [1.54, 1.807) is 12.1 Å². The van der Waals surface area contributed by atoms with E-state index in [1.807, 2.05) is 5.43 Å². The van der Waals surface area contributed by atoms with Crippen LogP contribution >= 0.6 is 0 Å². The zero-order valence-electron chi connectivity index (χ0n) is 9.65. The number of rotatable bonds is 4. The predicted molar refractivity (Wildman–Crippen MR) is 61.3 cm³/mol. The Kier molecular flexibility index (Phi) is 4.75. The molecule has 19 heavy (non-hydrogen) atoms. The lowest BCUT2D eigenvalue weighted by Crippen LogP contribution is -2.32. The second-order valence-corrected chi connectivity index (χ2v) is 3.44. The molecule has 0 aromatic heterocycles. The van der Waals surface area contributed by atoms with E-state index in [9.17, 15) is 13.6 Å². The SMILES string of the molecule is N#CCN(CC#N)C(=O)c1cc(F)c(NN)c(F)c1. The van der Waals surface area contributed by atoms with Gasteiger partial charge in [0.05, 0.1) is 12.1 Å². The Morgan fingerprint density at radius 1 is 1.26 bits per heavy atom. The highest BCUT2D eigenvalue weighted by Gasteiger charge is 2.19. The van der Waals surface area contributed by atoms with Gasteiger partial charge in [-0.2, -0.15) is 10.5 Å². The third kappa shape index (κ3) is 3.15. The summed E-state index contributed by atoms with van der Waals surface area (Å²) in [6.45, 7) is -0.709. The Morgan fingerprint density at radius 2 is 1.74 bits per heavy atom. The van der Waals surface area contributed by atoms with Gasteiger partial charge >= 0.3 is 0 Å². The number of hydrazine groups is 1. The van der Waals surface area contributed by atoms with Crippen LogP contribution in [0.25, 0.3) is 0 Å².